The van der Waals surface area contributed by atoms with Crippen molar-refractivity contribution in [3.63, 3.8) is 0 Å². The molecule has 0 radical (unpaired) electrons. The smallest absolute Gasteiger partial charge is 0.341 e. The number of rotatable bonds is 6. The number of nitrogens with one attached hydrogen (secondary N) is 1. The summed E-state index contributed by atoms with van der Waals surface area (Å²) in [6.45, 7) is 3.45. The van der Waals surface area contributed by atoms with E-state index in [1.54, 1.807) is 20.0 Å². The predicted molar refractivity (Wildman–Crippen MR) is 101 cm³/mol. The van der Waals surface area contributed by atoms with Crippen molar-refractivity contribution in [1.29, 1.82) is 0 Å². The number of primary amides is 1. The predicted octanol–water partition coefficient (Wildman–Crippen LogP) is 2.16. The molecule has 0 saturated carbocycles. The highest BCUT2D eigenvalue weighted by Gasteiger charge is 2.25. The van der Waals surface area contributed by atoms with Crippen LogP contribution in [0, 0.1) is 6.92 Å². The molecule has 9 heteroatoms. The molecule has 3 N–H and O–H groups in total. The molecule has 2 amide bonds. The molecule has 0 fully saturated rings. The molecule has 27 heavy (non-hydrogen) atoms. The number of fused-ring (bicyclic) bond motifs is 1. The molecular formula is C18H18N4O4S. The van der Waals surface area contributed by atoms with Crippen LogP contribution in [0.4, 0.5) is 5.00 Å². The van der Waals surface area contributed by atoms with E-state index in [0.29, 0.717) is 11.3 Å². The van der Waals surface area contributed by atoms with E-state index < -0.39 is 11.9 Å². The Labute approximate surface area is 159 Å². The van der Waals surface area contributed by atoms with Crippen molar-refractivity contribution in [2.45, 2.75) is 20.3 Å². The standard InChI is InChI=1S/C18H18N4O4S/c1-3-26-18(25)14-10(2)15(16(19)24)27-17(14)21-13(23)8-11-9-22-7-5-4-6-12(22)20-11/h4-7,9H,3,8H2,1-2H3,(H2,19,24)(H,21,23). The number of aromatic nitrogens is 2. The van der Waals surface area contributed by atoms with E-state index in [0.717, 1.165) is 17.0 Å². The monoisotopic (exact) mass is 386 g/mol. The van der Waals surface area contributed by atoms with Gasteiger partial charge in [0, 0.05) is 12.4 Å². The SMILES string of the molecule is CCOC(=O)c1c(NC(=O)Cc2cn3ccccc3n2)sc(C(N)=O)c1C. The van der Waals surface area contributed by atoms with Gasteiger partial charge in [0.05, 0.1) is 29.2 Å². The molecular weight excluding hydrogens is 368 g/mol. The van der Waals surface area contributed by atoms with Crippen LogP contribution >= 0.6 is 11.3 Å². The van der Waals surface area contributed by atoms with Crippen LogP contribution in [0.1, 0.15) is 38.2 Å². The Morgan fingerprint density at radius 1 is 1.33 bits per heavy atom. The number of imidazole rings is 1. The minimum absolute atomic E-state index is 0.0206. The average Bonchev–Trinajstić information content (AvgIpc) is 3.15. The first kappa shape index (κ1) is 18.6. The van der Waals surface area contributed by atoms with Gasteiger partial charge >= 0.3 is 5.97 Å². The van der Waals surface area contributed by atoms with Crippen molar-refractivity contribution >= 4 is 39.8 Å². The summed E-state index contributed by atoms with van der Waals surface area (Å²) in [6.07, 6.45) is 3.62. The minimum atomic E-state index is -0.663. The molecule has 140 valence electrons. The molecule has 3 rings (SSSR count). The number of pyridine rings is 1. The Kier molecular flexibility index (Phi) is 5.22. The van der Waals surface area contributed by atoms with Crippen molar-refractivity contribution in [2.75, 3.05) is 11.9 Å². The van der Waals surface area contributed by atoms with Crippen LogP contribution < -0.4 is 11.1 Å². The van der Waals surface area contributed by atoms with Crippen molar-refractivity contribution in [3.8, 4) is 0 Å². The highest BCUT2D eigenvalue weighted by Crippen LogP contribution is 2.33. The van der Waals surface area contributed by atoms with Gasteiger partial charge < -0.3 is 20.2 Å². The molecule has 0 unspecified atom stereocenters. The van der Waals surface area contributed by atoms with Gasteiger partial charge in [-0.3, -0.25) is 9.59 Å². The van der Waals surface area contributed by atoms with Crippen LogP contribution in [0.3, 0.4) is 0 Å². The zero-order valence-corrected chi connectivity index (χ0v) is 15.6. The molecule has 3 heterocycles. The third kappa shape index (κ3) is 3.82. The summed E-state index contributed by atoms with van der Waals surface area (Å²) in [7, 11) is 0. The average molecular weight is 386 g/mol. The second kappa shape index (κ2) is 7.58. The highest BCUT2D eigenvalue weighted by molar-refractivity contribution is 7.18. The normalized spacial score (nSPS) is 10.7. The van der Waals surface area contributed by atoms with Gasteiger partial charge in [-0.05, 0) is 31.5 Å². The van der Waals surface area contributed by atoms with E-state index in [1.165, 1.54) is 0 Å². The molecule has 0 aliphatic carbocycles. The van der Waals surface area contributed by atoms with Crippen LogP contribution in [0.2, 0.25) is 0 Å². The van der Waals surface area contributed by atoms with Crippen LogP contribution in [0.5, 0.6) is 0 Å². The molecule has 0 aliphatic heterocycles. The Balaban J connectivity index is 1.84. The van der Waals surface area contributed by atoms with E-state index in [-0.39, 0.29) is 34.4 Å². The zero-order chi connectivity index (χ0) is 19.6. The summed E-state index contributed by atoms with van der Waals surface area (Å²) in [5, 5.41) is 2.92. The van der Waals surface area contributed by atoms with Gasteiger partial charge in [-0.1, -0.05) is 6.07 Å². The first-order valence-electron chi connectivity index (χ1n) is 8.23. The van der Waals surface area contributed by atoms with E-state index >= 15 is 0 Å². The Hall–Kier alpha value is -3.20. The summed E-state index contributed by atoms with van der Waals surface area (Å²) < 4.78 is 6.84. The Morgan fingerprint density at radius 3 is 2.78 bits per heavy atom. The summed E-state index contributed by atoms with van der Waals surface area (Å²) in [4.78, 5) is 40.9. The third-order valence-corrected chi connectivity index (χ3v) is 5.08. The molecule has 0 spiro atoms. The second-order valence-electron chi connectivity index (χ2n) is 5.77. The maximum atomic E-state index is 12.5. The molecule has 0 bridgehead atoms. The molecule has 0 atom stereocenters. The molecule has 8 nitrogen and oxygen atoms in total. The van der Waals surface area contributed by atoms with E-state index in [9.17, 15) is 14.4 Å². The first-order valence-corrected chi connectivity index (χ1v) is 9.05. The first-order chi connectivity index (χ1) is 12.9. The fourth-order valence-electron chi connectivity index (χ4n) is 2.69. The maximum Gasteiger partial charge on any atom is 0.341 e. The van der Waals surface area contributed by atoms with Gasteiger partial charge in [0.25, 0.3) is 5.91 Å². The van der Waals surface area contributed by atoms with Crippen molar-refractivity contribution in [1.82, 2.24) is 9.38 Å². The third-order valence-electron chi connectivity index (χ3n) is 3.86. The van der Waals surface area contributed by atoms with Gasteiger partial charge in [0.2, 0.25) is 5.91 Å². The number of esters is 1. The number of anilines is 1. The van der Waals surface area contributed by atoms with E-state index in [2.05, 4.69) is 10.3 Å². The Morgan fingerprint density at radius 2 is 2.11 bits per heavy atom. The molecule has 3 aromatic heterocycles. The lowest BCUT2D eigenvalue weighted by Crippen LogP contribution is -2.17. The highest BCUT2D eigenvalue weighted by atomic mass is 32.1. The van der Waals surface area contributed by atoms with Crippen LogP contribution in [0.25, 0.3) is 5.65 Å². The topological polar surface area (TPSA) is 116 Å². The summed E-state index contributed by atoms with van der Waals surface area (Å²) in [6, 6.07) is 5.56. The molecule has 0 aliphatic rings. The largest absolute Gasteiger partial charge is 0.462 e. The number of hydrogen-bond donors (Lipinski definition) is 2. The van der Waals surface area contributed by atoms with Crippen LogP contribution in [-0.4, -0.2) is 33.8 Å². The van der Waals surface area contributed by atoms with Crippen molar-refractivity contribution in [3.05, 3.63) is 52.3 Å². The van der Waals surface area contributed by atoms with E-state index in [1.807, 2.05) is 28.8 Å². The quantitative estimate of drug-likeness (QED) is 0.630. The number of ether oxygens (including phenoxy) is 1. The number of amides is 2. The van der Waals surface area contributed by atoms with Gasteiger partial charge in [-0.25, -0.2) is 9.78 Å². The van der Waals surface area contributed by atoms with Gasteiger partial charge in [-0.15, -0.1) is 11.3 Å². The lowest BCUT2D eigenvalue weighted by atomic mass is 10.1. The maximum absolute atomic E-state index is 12.5. The zero-order valence-electron chi connectivity index (χ0n) is 14.8. The summed E-state index contributed by atoms with van der Waals surface area (Å²) >= 11 is 0.959. The lowest BCUT2D eigenvalue weighted by Gasteiger charge is -2.06. The number of nitrogens with two attached hydrogens (primary N) is 1. The lowest BCUT2D eigenvalue weighted by molar-refractivity contribution is -0.115. The number of hydrogen-bond acceptors (Lipinski definition) is 6. The molecule has 3 aromatic rings. The summed E-state index contributed by atoms with van der Waals surface area (Å²) in [5.74, 6) is -1.63. The van der Waals surface area contributed by atoms with E-state index in [4.69, 9.17) is 10.5 Å². The fraction of sp³-hybridized carbons (Fsp3) is 0.222. The van der Waals surface area contributed by atoms with Crippen LogP contribution in [-0.2, 0) is 16.0 Å². The van der Waals surface area contributed by atoms with Gasteiger partial charge in [0.15, 0.2) is 0 Å². The number of carbonyl (C=O) groups excluding carboxylic acids is 3. The van der Waals surface area contributed by atoms with Crippen LogP contribution in [0.15, 0.2) is 30.6 Å². The van der Waals surface area contributed by atoms with Gasteiger partial charge in [-0.2, -0.15) is 0 Å². The number of nitrogens with zero attached hydrogens (tertiary/aromatic N) is 2. The molecule has 0 saturated heterocycles. The molecule has 0 aromatic carbocycles. The number of thiophene rings is 1. The fourth-order valence-corrected chi connectivity index (χ4v) is 3.76. The van der Waals surface area contributed by atoms with Crippen molar-refractivity contribution in [2.24, 2.45) is 5.73 Å². The second-order valence-corrected chi connectivity index (χ2v) is 6.79. The Bertz CT molecular complexity index is 1000. The summed E-state index contributed by atoms with van der Waals surface area (Å²) in [5.41, 5.74) is 7.23. The van der Waals surface area contributed by atoms with Crippen molar-refractivity contribution < 1.29 is 19.1 Å². The minimum Gasteiger partial charge on any atom is -0.462 e. The van der Waals surface area contributed by atoms with Gasteiger partial charge in [0.1, 0.15) is 10.6 Å². The number of carbonyl (C=O) groups is 3.